The van der Waals surface area contributed by atoms with Crippen molar-refractivity contribution in [2.75, 3.05) is 24.2 Å². The number of rotatable bonds is 5. The number of hydrogen-bond acceptors (Lipinski definition) is 7. The molecule has 5 rings (SSSR count). The van der Waals surface area contributed by atoms with Crippen molar-refractivity contribution >= 4 is 42.6 Å². The number of aromatic nitrogens is 5. The smallest absolute Gasteiger partial charge is 0.225 e. The first-order chi connectivity index (χ1) is 16.3. The maximum atomic E-state index is 14.7. The first-order valence-corrected chi connectivity index (χ1v) is 13.5. The second-order valence-electron chi connectivity index (χ2n) is 8.45. The molecule has 0 spiro atoms. The van der Waals surface area contributed by atoms with Gasteiger partial charge in [-0.3, -0.25) is 9.97 Å². The molecule has 3 aromatic heterocycles. The van der Waals surface area contributed by atoms with Crippen LogP contribution in [0.1, 0.15) is 30.1 Å². The highest BCUT2D eigenvalue weighted by molar-refractivity contribution is 9.10. The Morgan fingerprint density at radius 3 is 2.44 bits per heavy atom. The lowest BCUT2D eigenvalue weighted by Gasteiger charge is -2.31. The molecule has 34 heavy (non-hydrogen) atoms. The van der Waals surface area contributed by atoms with Gasteiger partial charge in [-0.1, -0.05) is 0 Å². The summed E-state index contributed by atoms with van der Waals surface area (Å²) < 4.78 is 40.9. The number of piperidine rings is 1. The van der Waals surface area contributed by atoms with Crippen LogP contribution in [0, 0.1) is 5.82 Å². The fourth-order valence-electron chi connectivity index (χ4n) is 4.29. The standard InChI is InChI=1S/C23H22BrFN6O2S/c1-34(32,33)19-8-16-4-7-31(22(16)20(25)9-19)14-18-12-27-21(13-26-18)15-2-5-30(6-3-15)23-28-10-17(24)11-29-23/h4,7-13,15H,2-3,5-6,14H2,1H3. The number of sulfone groups is 1. The third-order valence-electron chi connectivity index (χ3n) is 6.08. The van der Waals surface area contributed by atoms with E-state index in [-0.39, 0.29) is 4.90 Å². The lowest BCUT2D eigenvalue weighted by Crippen LogP contribution is -2.34. The molecule has 0 unspecified atom stereocenters. The van der Waals surface area contributed by atoms with Crippen LogP contribution in [0.15, 0.2) is 58.6 Å². The van der Waals surface area contributed by atoms with Crippen LogP contribution >= 0.6 is 15.9 Å². The Balaban J connectivity index is 1.27. The Labute approximate surface area is 204 Å². The molecule has 1 saturated heterocycles. The molecule has 4 aromatic rings. The molecular formula is C23H22BrFN6O2S. The molecule has 1 aliphatic heterocycles. The fourth-order valence-corrected chi connectivity index (χ4v) is 5.15. The molecule has 8 nitrogen and oxygen atoms in total. The van der Waals surface area contributed by atoms with Crippen LogP contribution in [0.5, 0.6) is 0 Å². The van der Waals surface area contributed by atoms with Crippen molar-refractivity contribution in [1.82, 2.24) is 24.5 Å². The average Bonchev–Trinajstić information content (AvgIpc) is 3.23. The lowest BCUT2D eigenvalue weighted by molar-refractivity contribution is 0.488. The summed E-state index contributed by atoms with van der Waals surface area (Å²) in [4.78, 5) is 20.1. The summed E-state index contributed by atoms with van der Waals surface area (Å²) in [7, 11) is -3.49. The van der Waals surface area contributed by atoms with Gasteiger partial charge in [-0.15, -0.1) is 0 Å². The highest BCUT2D eigenvalue weighted by Crippen LogP contribution is 2.28. The monoisotopic (exact) mass is 544 g/mol. The number of anilines is 1. The molecule has 0 amide bonds. The summed E-state index contributed by atoms with van der Waals surface area (Å²) in [5, 5.41) is 0.534. The molecule has 0 aliphatic carbocycles. The zero-order valence-corrected chi connectivity index (χ0v) is 20.8. The third kappa shape index (κ3) is 4.67. The predicted molar refractivity (Wildman–Crippen MR) is 130 cm³/mol. The first-order valence-electron chi connectivity index (χ1n) is 10.8. The van der Waals surface area contributed by atoms with E-state index in [1.54, 1.807) is 41.6 Å². The van der Waals surface area contributed by atoms with Gasteiger partial charge in [0.2, 0.25) is 5.95 Å². The van der Waals surface area contributed by atoms with Gasteiger partial charge < -0.3 is 9.47 Å². The molecule has 0 bridgehead atoms. The van der Waals surface area contributed by atoms with E-state index in [0.717, 1.165) is 54.4 Å². The van der Waals surface area contributed by atoms with Gasteiger partial charge in [0.05, 0.1) is 39.0 Å². The maximum absolute atomic E-state index is 14.7. The van der Waals surface area contributed by atoms with Crippen LogP contribution in [-0.4, -0.2) is 52.3 Å². The molecule has 1 aliphatic rings. The topological polar surface area (TPSA) is 93.9 Å². The summed E-state index contributed by atoms with van der Waals surface area (Å²) in [5.41, 5.74) is 2.00. The maximum Gasteiger partial charge on any atom is 0.225 e. The number of fused-ring (bicyclic) bond motifs is 1. The average molecular weight is 545 g/mol. The Morgan fingerprint density at radius 2 is 1.79 bits per heavy atom. The van der Waals surface area contributed by atoms with Gasteiger partial charge in [-0.2, -0.15) is 0 Å². The Kier molecular flexibility index (Phi) is 6.07. The van der Waals surface area contributed by atoms with Gasteiger partial charge in [0.15, 0.2) is 9.84 Å². The van der Waals surface area contributed by atoms with E-state index in [2.05, 4.69) is 40.8 Å². The third-order valence-corrected chi connectivity index (χ3v) is 7.58. The Morgan fingerprint density at radius 1 is 1.06 bits per heavy atom. The largest absolute Gasteiger partial charge is 0.341 e. The van der Waals surface area contributed by atoms with Crippen molar-refractivity contribution in [3.05, 3.63) is 70.9 Å². The Hall–Kier alpha value is -2.92. The quantitative estimate of drug-likeness (QED) is 0.375. The fraction of sp³-hybridized carbons (Fsp3) is 0.304. The molecule has 11 heteroatoms. The van der Waals surface area contributed by atoms with Gasteiger partial charge in [-0.25, -0.2) is 22.8 Å². The molecule has 0 atom stereocenters. The van der Waals surface area contributed by atoms with E-state index in [1.807, 2.05) is 0 Å². The zero-order chi connectivity index (χ0) is 23.9. The van der Waals surface area contributed by atoms with Crippen molar-refractivity contribution in [1.29, 1.82) is 0 Å². The number of benzene rings is 1. The zero-order valence-electron chi connectivity index (χ0n) is 18.4. The molecule has 4 heterocycles. The normalized spacial score (nSPS) is 15.2. The summed E-state index contributed by atoms with van der Waals surface area (Å²) in [6, 6.07) is 4.26. The van der Waals surface area contributed by atoms with Crippen molar-refractivity contribution < 1.29 is 12.8 Å². The van der Waals surface area contributed by atoms with Crippen molar-refractivity contribution in [2.45, 2.75) is 30.2 Å². The van der Waals surface area contributed by atoms with Gasteiger partial charge >= 0.3 is 0 Å². The van der Waals surface area contributed by atoms with Crippen LogP contribution in [0.2, 0.25) is 0 Å². The molecule has 0 N–H and O–H groups in total. The van der Waals surface area contributed by atoms with Crippen molar-refractivity contribution in [3.63, 3.8) is 0 Å². The second-order valence-corrected chi connectivity index (χ2v) is 11.4. The van der Waals surface area contributed by atoms with Crippen LogP contribution < -0.4 is 4.90 Å². The number of halogens is 2. The van der Waals surface area contributed by atoms with Gasteiger partial charge in [-0.05, 0) is 47.0 Å². The summed E-state index contributed by atoms with van der Waals surface area (Å²) >= 11 is 3.36. The molecular weight excluding hydrogens is 523 g/mol. The van der Waals surface area contributed by atoms with Crippen LogP contribution in [-0.2, 0) is 16.4 Å². The van der Waals surface area contributed by atoms with Crippen LogP contribution in [0.3, 0.4) is 0 Å². The minimum Gasteiger partial charge on any atom is -0.341 e. The Bertz CT molecular complexity index is 1430. The highest BCUT2D eigenvalue weighted by Gasteiger charge is 2.23. The predicted octanol–water partition coefficient (Wildman–Crippen LogP) is 3.96. The van der Waals surface area contributed by atoms with Gasteiger partial charge in [0.1, 0.15) is 5.82 Å². The summed E-state index contributed by atoms with van der Waals surface area (Å²) in [6.07, 6.45) is 11.7. The van der Waals surface area contributed by atoms with Gasteiger partial charge in [0.25, 0.3) is 0 Å². The van der Waals surface area contributed by atoms with E-state index in [1.165, 1.54) is 6.07 Å². The first kappa shape index (κ1) is 22.9. The van der Waals surface area contributed by atoms with E-state index >= 15 is 0 Å². The van der Waals surface area contributed by atoms with E-state index in [0.29, 0.717) is 29.1 Å². The van der Waals surface area contributed by atoms with Crippen molar-refractivity contribution in [3.8, 4) is 0 Å². The molecule has 0 radical (unpaired) electrons. The molecule has 0 saturated carbocycles. The van der Waals surface area contributed by atoms with E-state index < -0.39 is 15.7 Å². The minimum absolute atomic E-state index is 0.0304. The SMILES string of the molecule is CS(=O)(=O)c1cc(F)c2c(ccn2Cc2cnc(C3CCN(c4ncc(Br)cn4)CC3)cn2)c1. The molecule has 176 valence electrons. The number of hydrogen-bond donors (Lipinski definition) is 0. The van der Waals surface area contributed by atoms with Crippen LogP contribution in [0.25, 0.3) is 10.9 Å². The minimum atomic E-state index is -3.49. The molecule has 1 fully saturated rings. The van der Waals surface area contributed by atoms with Crippen molar-refractivity contribution in [2.24, 2.45) is 0 Å². The van der Waals surface area contributed by atoms with Crippen LogP contribution in [0.4, 0.5) is 10.3 Å². The second kappa shape index (κ2) is 9.03. The van der Waals surface area contributed by atoms with Gasteiger partial charge in [0, 0.05) is 55.4 Å². The summed E-state index contributed by atoms with van der Waals surface area (Å²) in [6.45, 7) is 2.03. The van der Waals surface area contributed by atoms with E-state index in [4.69, 9.17) is 0 Å². The molecule has 1 aromatic carbocycles. The lowest BCUT2D eigenvalue weighted by atomic mass is 9.94. The van der Waals surface area contributed by atoms with E-state index in [9.17, 15) is 12.8 Å². The number of nitrogens with zero attached hydrogens (tertiary/aromatic N) is 6. The highest BCUT2D eigenvalue weighted by atomic mass is 79.9. The summed E-state index contributed by atoms with van der Waals surface area (Å²) in [5.74, 6) is 0.472.